The number of allylic oxidation sites excluding steroid dienone is 4. The minimum absolute atomic E-state index is 0.0144. The van der Waals surface area contributed by atoms with Gasteiger partial charge in [-0.15, -0.1) is 0 Å². The normalized spacial score (nSPS) is 34.7. The van der Waals surface area contributed by atoms with Crippen LogP contribution in [0.4, 0.5) is 0 Å². The van der Waals surface area contributed by atoms with Crippen LogP contribution in [-0.2, 0) is 9.22 Å². The molecule has 4 rings (SSSR count). The van der Waals surface area contributed by atoms with E-state index in [1.807, 2.05) is 25.6 Å². The lowest BCUT2D eigenvalue weighted by Crippen LogP contribution is -2.48. The molecule has 0 aromatic heterocycles. The minimum atomic E-state index is -1.93. The number of ketones is 1. The minimum Gasteiger partial charge on any atom is -0.416 e. The molecule has 0 saturated heterocycles. The van der Waals surface area contributed by atoms with Gasteiger partial charge in [-0.3, -0.25) is 4.79 Å². The number of hydrogen-bond acceptors (Lipinski definition) is 4. The second-order valence-electron chi connectivity index (χ2n) is 15.7. The Morgan fingerprint density at radius 3 is 2.47 bits per heavy atom. The summed E-state index contributed by atoms with van der Waals surface area (Å²) in [7, 11) is -1.93. The van der Waals surface area contributed by atoms with E-state index in [-0.39, 0.29) is 21.6 Å². The van der Waals surface area contributed by atoms with Crippen molar-refractivity contribution < 1.29 is 14.3 Å². The molecule has 3 fully saturated rings. The first-order valence-corrected chi connectivity index (χ1v) is 19.4. The highest BCUT2D eigenvalue weighted by Gasteiger charge is 2.60. The van der Waals surface area contributed by atoms with Gasteiger partial charge in [0, 0.05) is 24.2 Å². The number of Topliss-reactive ketones (excluding diaryl/α,β-unsaturated/α-hetero) is 1. The summed E-state index contributed by atoms with van der Waals surface area (Å²) >= 11 is 1.95. The van der Waals surface area contributed by atoms with E-state index in [1.54, 1.807) is 11.1 Å². The average molecular weight is 561 g/mol. The van der Waals surface area contributed by atoms with E-state index in [1.165, 1.54) is 32.1 Å². The maximum Gasteiger partial charge on any atom is 0.192 e. The Morgan fingerprint density at radius 1 is 1.11 bits per heavy atom. The van der Waals surface area contributed by atoms with Gasteiger partial charge in [-0.05, 0) is 105 Å². The van der Waals surface area contributed by atoms with Gasteiger partial charge in [0.15, 0.2) is 8.32 Å². The van der Waals surface area contributed by atoms with Crippen molar-refractivity contribution in [2.45, 2.75) is 135 Å². The molecule has 0 radical (unpaired) electrons. The summed E-state index contributed by atoms with van der Waals surface area (Å²) in [6.07, 6.45) is 15.0. The predicted octanol–water partition coefficient (Wildman–Crippen LogP) is 8.73. The summed E-state index contributed by atoms with van der Waals surface area (Å²) in [5.41, 5.74) is 2.95. The van der Waals surface area contributed by atoms with Crippen LogP contribution in [-0.4, -0.2) is 42.4 Å². The van der Waals surface area contributed by atoms with Gasteiger partial charge in [-0.1, -0.05) is 64.3 Å². The first kappa shape index (κ1) is 30.6. The third kappa shape index (κ3) is 5.83. The summed E-state index contributed by atoms with van der Waals surface area (Å²) in [5.74, 6) is 2.49. The van der Waals surface area contributed by atoms with Crippen LogP contribution in [0, 0.1) is 28.6 Å². The predicted molar refractivity (Wildman–Crippen MR) is 165 cm³/mol. The number of hydrogen-bond donors (Lipinski definition) is 1. The van der Waals surface area contributed by atoms with E-state index in [9.17, 15) is 9.90 Å². The molecule has 1 N–H and O–H groups in total. The fourth-order valence-electron chi connectivity index (χ4n) is 8.00. The molecular weight excluding hydrogens is 505 g/mol. The van der Waals surface area contributed by atoms with Gasteiger partial charge in [-0.2, -0.15) is 11.8 Å². The number of carbonyl (C=O) groups is 1. The van der Waals surface area contributed by atoms with Gasteiger partial charge in [0.1, 0.15) is 5.78 Å². The molecule has 38 heavy (non-hydrogen) atoms. The van der Waals surface area contributed by atoms with Crippen molar-refractivity contribution in [1.82, 2.24) is 0 Å². The first-order chi connectivity index (χ1) is 17.5. The molecule has 3 nitrogen and oxygen atoms in total. The van der Waals surface area contributed by atoms with E-state index < -0.39 is 13.9 Å². The topological polar surface area (TPSA) is 46.5 Å². The Morgan fingerprint density at radius 2 is 1.82 bits per heavy atom. The van der Waals surface area contributed by atoms with Crippen LogP contribution >= 0.6 is 11.8 Å². The summed E-state index contributed by atoms with van der Waals surface area (Å²) in [5, 5.41) is 10.6. The Bertz CT molecular complexity index is 954. The van der Waals surface area contributed by atoms with Gasteiger partial charge >= 0.3 is 0 Å². The third-order valence-electron chi connectivity index (χ3n) is 11.5. The number of rotatable bonds is 9. The number of fused-ring (bicyclic) bond motifs is 5. The molecule has 0 amide bonds. The molecule has 4 aliphatic carbocycles. The van der Waals surface area contributed by atoms with Crippen LogP contribution in [0.2, 0.25) is 18.1 Å². The number of carbonyl (C=O) groups excluding carboxylic acids is 1. The van der Waals surface area contributed by atoms with Crippen LogP contribution < -0.4 is 0 Å². The monoisotopic (exact) mass is 560 g/mol. The van der Waals surface area contributed by atoms with Crippen LogP contribution in [0.1, 0.15) is 106 Å². The lowest BCUT2D eigenvalue weighted by molar-refractivity contribution is -0.122. The van der Waals surface area contributed by atoms with Gasteiger partial charge in [0.25, 0.3) is 0 Å². The first-order valence-electron chi connectivity index (χ1n) is 15.4. The van der Waals surface area contributed by atoms with E-state index in [4.69, 9.17) is 4.43 Å². The molecule has 0 aromatic carbocycles. The van der Waals surface area contributed by atoms with E-state index >= 15 is 0 Å². The van der Waals surface area contributed by atoms with Crippen molar-refractivity contribution in [3.8, 4) is 0 Å². The molecule has 4 aliphatic rings. The number of aliphatic hydroxyl groups is 1. The van der Waals surface area contributed by atoms with Crippen LogP contribution in [0.25, 0.3) is 0 Å². The highest BCUT2D eigenvalue weighted by Crippen LogP contribution is 2.65. The molecule has 6 atom stereocenters. The van der Waals surface area contributed by atoms with Crippen molar-refractivity contribution >= 4 is 25.9 Å². The maximum absolute atomic E-state index is 14.0. The largest absolute Gasteiger partial charge is 0.416 e. The molecular formula is C33H56O3SSi. The third-order valence-corrected chi connectivity index (χ3v) is 17.3. The second kappa shape index (κ2) is 10.8. The zero-order valence-electron chi connectivity index (χ0n) is 25.9. The quantitative estimate of drug-likeness (QED) is 0.226. The van der Waals surface area contributed by atoms with E-state index in [0.717, 1.165) is 25.0 Å². The van der Waals surface area contributed by atoms with Gasteiger partial charge in [0.05, 0.1) is 5.60 Å². The van der Waals surface area contributed by atoms with Crippen molar-refractivity contribution in [2.75, 3.05) is 12.4 Å². The summed E-state index contributed by atoms with van der Waals surface area (Å²) in [6.45, 7) is 21.0. The fraction of sp³-hybridized carbons (Fsp3) is 0.848. The standard InChI is InChI=1S/C33H56O3SSi/c1-30(2,3)38(8,9)36-22-28(37-20-12-17-31(4,5)35)29-27(34)21-26-24-15-14-23-13-10-11-18-32(23,6)25(24)16-19-33(26,29)7/h14-15,25-26,28-29,35H,10-13,16-22H2,1-9H3/t25-,26-,28+,29+,32-,33-/m0/s1. The van der Waals surface area contributed by atoms with Crippen molar-refractivity contribution in [3.63, 3.8) is 0 Å². The van der Waals surface area contributed by atoms with Gasteiger partial charge < -0.3 is 9.53 Å². The van der Waals surface area contributed by atoms with Crippen molar-refractivity contribution in [1.29, 1.82) is 0 Å². The summed E-state index contributed by atoms with van der Waals surface area (Å²) in [4.78, 5) is 14.0. The molecule has 0 aliphatic heterocycles. The summed E-state index contributed by atoms with van der Waals surface area (Å²) < 4.78 is 6.83. The van der Waals surface area contributed by atoms with Gasteiger partial charge in [0.2, 0.25) is 0 Å². The Hall–Kier alpha value is -0.363. The van der Waals surface area contributed by atoms with E-state index in [2.05, 4.69) is 59.9 Å². The highest BCUT2D eigenvalue weighted by atomic mass is 32.2. The van der Waals surface area contributed by atoms with Crippen LogP contribution in [0.3, 0.4) is 0 Å². The zero-order valence-corrected chi connectivity index (χ0v) is 27.7. The average Bonchev–Trinajstić information content (AvgIpc) is 3.07. The Kier molecular flexibility index (Phi) is 8.69. The van der Waals surface area contributed by atoms with Gasteiger partial charge in [-0.25, -0.2) is 0 Å². The second-order valence-corrected chi connectivity index (χ2v) is 21.8. The van der Waals surface area contributed by atoms with Crippen LogP contribution in [0.15, 0.2) is 23.3 Å². The SMILES string of the molecule is CC(C)(O)CCCS[C@H](CO[Si](C)(C)C(C)(C)C)[C@H]1C(=O)C[C@H]2C3=CC=C4CCCC[C@]4(C)[C@H]3CC[C@]12C. The fourth-order valence-corrected chi connectivity index (χ4v) is 10.6. The molecule has 216 valence electrons. The smallest absolute Gasteiger partial charge is 0.192 e. The highest BCUT2D eigenvalue weighted by molar-refractivity contribution is 7.99. The molecule has 3 saturated carbocycles. The van der Waals surface area contributed by atoms with Crippen molar-refractivity contribution in [3.05, 3.63) is 23.3 Å². The van der Waals surface area contributed by atoms with E-state index in [0.29, 0.717) is 36.1 Å². The van der Waals surface area contributed by atoms with Crippen molar-refractivity contribution in [2.24, 2.45) is 28.6 Å². The maximum atomic E-state index is 14.0. The molecule has 0 spiro atoms. The molecule has 0 heterocycles. The number of thioether (sulfide) groups is 1. The molecule has 5 heteroatoms. The lowest BCUT2D eigenvalue weighted by Gasteiger charge is -2.54. The Labute approximate surface area is 239 Å². The Balaban J connectivity index is 1.59. The zero-order chi connectivity index (χ0) is 28.1. The molecule has 0 aromatic rings. The molecule has 0 bridgehead atoms. The summed E-state index contributed by atoms with van der Waals surface area (Å²) in [6, 6.07) is 0. The molecule has 0 unspecified atom stereocenters. The lowest BCUT2D eigenvalue weighted by atomic mass is 9.50. The van der Waals surface area contributed by atoms with Crippen LogP contribution in [0.5, 0.6) is 0 Å².